The Bertz CT molecular complexity index is 850. The van der Waals surface area contributed by atoms with Gasteiger partial charge in [0, 0.05) is 23.9 Å². The first-order valence-electron chi connectivity index (χ1n) is 8.56. The van der Waals surface area contributed by atoms with E-state index in [1.54, 1.807) is 54.6 Å². The quantitative estimate of drug-likeness (QED) is 0.633. The van der Waals surface area contributed by atoms with Crippen LogP contribution in [0.3, 0.4) is 0 Å². The third-order valence-corrected chi connectivity index (χ3v) is 3.58. The van der Waals surface area contributed by atoms with E-state index in [4.69, 9.17) is 4.74 Å². The van der Waals surface area contributed by atoms with E-state index in [9.17, 15) is 19.2 Å². The van der Waals surface area contributed by atoms with Crippen LogP contribution >= 0.6 is 0 Å². The molecule has 1 atom stereocenters. The number of nitrogens with one attached hydrogen (secondary N) is 3. The molecule has 0 saturated heterocycles. The predicted molar refractivity (Wildman–Crippen MR) is 104 cm³/mol. The summed E-state index contributed by atoms with van der Waals surface area (Å²) in [6.07, 6.45) is -1.05. The molecule has 0 saturated carbocycles. The van der Waals surface area contributed by atoms with Crippen LogP contribution in [0.1, 0.15) is 24.2 Å². The molecule has 28 heavy (non-hydrogen) atoms. The Morgan fingerprint density at radius 1 is 0.893 bits per heavy atom. The van der Waals surface area contributed by atoms with Crippen molar-refractivity contribution in [3.05, 3.63) is 60.2 Å². The van der Waals surface area contributed by atoms with Crippen molar-refractivity contribution in [2.75, 3.05) is 17.2 Å². The van der Waals surface area contributed by atoms with Gasteiger partial charge < -0.3 is 20.7 Å². The van der Waals surface area contributed by atoms with Gasteiger partial charge in [0.15, 0.2) is 6.10 Å². The van der Waals surface area contributed by atoms with E-state index in [2.05, 4.69) is 16.0 Å². The Morgan fingerprint density at radius 2 is 1.46 bits per heavy atom. The average Bonchev–Trinajstić information content (AvgIpc) is 2.67. The molecular formula is C20H21N3O5. The third kappa shape index (κ3) is 6.56. The molecule has 146 valence electrons. The van der Waals surface area contributed by atoms with Crippen LogP contribution < -0.4 is 16.0 Å². The number of hydrogen-bond acceptors (Lipinski definition) is 5. The van der Waals surface area contributed by atoms with Gasteiger partial charge in [0.1, 0.15) is 6.54 Å². The summed E-state index contributed by atoms with van der Waals surface area (Å²) in [6.45, 7) is 2.47. The molecule has 0 fully saturated rings. The van der Waals surface area contributed by atoms with Gasteiger partial charge in [-0.15, -0.1) is 0 Å². The number of carbonyl (C=O) groups is 4. The second-order valence-corrected chi connectivity index (χ2v) is 5.93. The maximum absolute atomic E-state index is 12.1. The fraction of sp³-hybridized carbons (Fsp3) is 0.200. The van der Waals surface area contributed by atoms with Crippen LogP contribution in [0.15, 0.2) is 54.6 Å². The molecule has 8 nitrogen and oxygen atoms in total. The third-order valence-electron chi connectivity index (χ3n) is 3.58. The lowest BCUT2D eigenvalue weighted by molar-refractivity contribution is -0.152. The van der Waals surface area contributed by atoms with Gasteiger partial charge in [0.25, 0.3) is 11.8 Å². The second kappa shape index (κ2) is 9.86. The number of anilines is 2. The van der Waals surface area contributed by atoms with Crippen molar-refractivity contribution in [1.82, 2.24) is 5.32 Å². The van der Waals surface area contributed by atoms with E-state index in [0.717, 1.165) is 0 Å². The number of amides is 3. The molecule has 0 bridgehead atoms. The molecule has 2 aromatic rings. The Hall–Kier alpha value is -3.68. The number of ether oxygens (including phenoxy) is 1. The van der Waals surface area contributed by atoms with Crippen LogP contribution in [0.25, 0.3) is 0 Å². The first-order chi connectivity index (χ1) is 13.3. The molecule has 2 rings (SSSR count). The monoisotopic (exact) mass is 383 g/mol. The zero-order valence-electron chi connectivity index (χ0n) is 15.5. The van der Waals surface area contributed by atoms with Crippen molar-refractivity contribution in [2.45, 2.75) is 20.0 Å². The van der Waals surface area contributed by atoms with Crippen LogP contribution in [0.5, 0.6) is 0 Å². The number of hydrogen-bond donors (Lipinski definition) is 3. The Labute approximate surface area is 162 Å². The molecule has 0 aliphatic carbocycles. The molecular weight excluding hydrogens is 362 g/mol. The highest BCUT2D eigenvalue weighted by atomic mass is 16.5. The van der Waals surface area contributed by atoms with Crippen LogP contribution in [0.2, 0.25) is 0 Å². The standard InChI is InChI=1S/C20H21N3O5/c1-13(19(26)23-17-10-8-16(9-11-17)22-14(2)24)28-18(25)12-21-20(27)15-6-4-3-5-7-15/h3-11,13H,12H2,1-2H3,(H,21,27)(H,22,24)(H,23,26). The van der Waals surface area contributed by atoms with Crippen LogP contribution in [0, 0.1) is 0 Å². The summed E-state index contributed by atoms with van der Waals surface area (Å²) < 4.78 is 5.02. The SMILES string of the molecule is CC(=O)Nc1ccc(NC(=O)C(C)OC(=O)CNC(=O)c2ccccc2)cc1. The van der Waals surface area contributed by atoms with Crippen molar-refractivity contribution in [2.24, 2.45) is 0 Å². The van der Waals surface area contributed by atoms with Gasteiger partial charge in [-0.2, -0.15) is 0 Å². The van der Waals surface area contributed by atoms with Crippen molar-refractivity contribution in [3.63, 3.8) is 0 Å². The average molecular weight is 383 g/mol. The van der Waals surface area contributed by atoms with Gasteiger partial charge in [-0.05, 0) is 43.3 Å². The van der Waals surface area contributed by atoms with Crippen LogP contribution in [-0.4, -0.2) is 36.3 Å². The lowest BCUT2D eigenvalue weighted by Crippen LogP contribution is -2.35. The van der Waals surface area contributed by atoms with Gasteiger partial charge in [-0.25, -0.2) is 0 Å². The maximum atomic E-state index is 12.1. The van der Waals surface area contributed by atoms with Crippen molar-refractivity contribution >= 4 is 35.1 Å². The van der Waals surface area contributed by atoms with Gasteiger partial charge in [-0.3, -0.25) is 19.2 Å². The van der Waals surface area contributed by atoms with E-state index in [-0.39, 0.29) is 12.5 Å². The topological polar surface area (TPSA) is 114 Å². The van der Waals surface area contributed by atoms with Gasteiger partial charge >= 0.3 is 5.97 Å². The summed E-state index contributed by atoms with van der Waals surface area (Å²) in [6, 6.07) is 14.9. The highest BCUT2D eigenvalue weighted by Gasteiger charge is 2.18. The molecule has 0 heterocycles. The molecule has 0 spiro atoms. The summed E-state index contributed by atoms with van der Waals surface area (Å²) >= 11 is 0. The normalized spacial score (nSPS) is 11.1. The largest absolute Gasteiger partial charge is 0.451 e. The summed E-state index contributed by atoms with van der Waals surface area (Å²) in [5.41, 5.74) is 1.50. The van der Waals surface area contributed by atoms with Gasteiger partial charge in [-0.1, -0.05) is 18.2 Å². The van der Waals surface area contributed by atoms with Crippen LogP contribution in [0.4, 0.5) is 11.4 Å². The summed E-state index contributed by atoms with van der Waals surface area (Å²) in [7, 11) is 0. The molecule has 8 heteroatoms. The lowest BCUT2D eigenvalue weighted by Gasteiger charge is -2.14. The highest BCUT2D eigenvalue weighted by molar-refractivity contribution is 5.97. The first-order valence-corrected chi connectivity index (χ1v) is 8.56. The summed E-state index contributed by atoms with van der Waals surface area (Å²) in [5, 5.41) is 7.65. The summed E-state index contributed by atoms with van der Waals surface area (Å²) in [5.74, 6) is -1.85. The molecule has 3 N–H and O–H groups in total. The molecule has 1 unspecified atom stereocenters. The number of rotatable bonds is 7. The number of esters is 1. The van der Waals surface area contributed by atoms with E-state index < -0.39 is 23.9 Å². The molecule has 0 aliphatic heterocycles. The second-order valence-electron chi connectivity index (χ2n) is 5.93. The molecule has 0 aliphatic rings. The van der Waals surface area contributed by atoms with Gasteiger partial charge in [0.2, 0.25) is 5.91 Å². The molecule has 0 aromatic heterocycles. The van der Waals surface area contributed by atoms with E-state index in [1.165, 1.54) is 13.8 Å². The Morgan fingerprint density at radius 3 is 2.04 bits per heavy atom. The maximum Gasteiger partial charge on any atom is 0.326 e. The minimum Gasteiger partial charge on any atom is -0.451 e. The first kappa shape index (κ1) is 20.6. The minimum absolute atomic E-state index is 0.198. The highest BCUT2D eigenvalue weighted by Crippen LogP contribution is 2.14. The summed E-state index contributed by atoms with van der Waals surface area (Å²) in [4.78, 5) is 46.8. The molecule has 3 amide bonds. The van der Waals surface area contributed by atoms with E-state index >= 15 is 0 Å². The fourth-order valence-corrected chi connectivity index (χ4v) is 2.22. The predicted octanol–water partition coefficient (Wildman–Crippen LogP) is 1.95. The van der Waals surface area contributed by atoms with Crippen molar-refractivity contribution in [1.29, 1.82) is 0 Å². The van der Waals surface area contributed by atoms with E-state index in [1.807, 2.05) is 0 Å². The fourth-order valence-electron chi connectivity index (χ4n) is 2.22. The molecule has 0 radical (unpaired) electrons. The van der Waals surface area contributed by atoms with Crippen molar-refractivity contribution in [3.8, 4) is 0 Å². The number of benzene rings is 2. The smallest absolute Gasteiger partial charge is 0.326 e. The molecule has 2 aromatic carbocycles. The Kier molecular flexibility index (Phi) is 7.27. The van der Waals surface area contributed by atoms with E-state index in [0.29, 0.717) is 16.9 Å². The van der Waals surface area contributed by atoms with Crippen molar-refractivity contribution < 1.29 is 23.9 Å². The Balaban J connectivity index is 1.78. The minimum atomic E-state index is -1.05. The zero-order chi connectivity index (χ0) is 20.5. The van der Waals surface area contributed by atoms with Gasteiger partial charge in [0.05, 0.1) is 0 Å². The number of carbonyl (C=O) groups excluding carboxylic acids is 4. The van der Waals surface area contributed by atoms with Crippen LogP contribution in [-0.2, 0) is 19.1 Å². The zero-order valence-corrected chi connectivity index (χ0v) is 15.5. The lowest BCUT2D eigenvalue weighted by atomic mass is 10.2.